The van der Waals surface area contributed by atoms with E-state index in [0.29, 0.717) is 5.92 Å². The third kappa shape index (κ3) is 3.84. The first-order valence-electron chi connectivity index (χ1n) is 7.14. The molecule has 0 bridgehead atoms. The molecule has 0 spiro atoms. The summed E-state index contributed by atoms with van der Waals surface area (Å²) in [5, 5.41) is 3.33. The number of rotatable bonds is 4. The van der Waals surface area contributed by atoms with E-state index in [1.165, 1.54) is 56.5 Å². The number of hydrogen-bond donors (Lipinski definition) is 2. The summed E-state index contributed by atoms with van der Waals surface area (Å²) in [5.41, 5.74) is 1.23. The molecule has 96 valence electrons. The molecule has 17 heavy (non-hydrogen) atoms. The van der Waals surface area contributed by atoms with Crippen molar-refractivity contribution in [2.75, 3.05) is 6.54 Å². The topological polar surface area (TPSA) is 40.7 Å². The molecular weight excluding hydrogens is 210 g/mol. The van der Waals surface area contributed by atoms with Gasteiger partial charge in [-0.3, -0.25) is 0 Å². The molecule has 0 atom stereocenters. The summed E-state index contributed by atoms with van der Waals surface area (Å²) >= 11 is 0. The molecule has 2 N–H and O–H groups in total. The minimum atomic E-state index is 0.672. The highest BCUT2D eigenvalue weighted by atomic mass is 15.0. The molecule has 1 fully saturated rings. The third-order valence-electron chi connectivity index (χ3n) is 3.71. The van der Waals surface area contributed by atoms with Gasteiger partial charge < -0.3 is 10.3 Å². The minimum Gasteiger partial charge on any atom is -0.345 e. The van der Waals surface area contributed by atoms with Crippen molar-refractivity contribution in [1.82, 2.24) is 15.3 Å². The molecule has 1 saturated carbocycles. The molecule has 1 aromatic heterocycles. The highest BCUT2D eigenvalue weighted by Gasteiger charge is 2.16. The Morgan fingerprint density at radius 2 is 1.94 bits per heavy atom. The molecule has 2 rings (SSSR count). The van der Waals surface area contributed by atoms with Crippen LogP contribution in [0.5, 0.6) is 0 Å². The quantitative estimate of drug-likeness (QED) is 0.840. The first kappa shape index (κ1) is 12.6. The Morgan fingerprint density at radius 1 is 1.24 bits per heavy atom. The number of nitrogens with one attached hydrogen (secondary N) is 2. The van der Waals surface area contributed by atoms with Crippen molar-refractivity contribution in [3.05, 3.63) is 17.7 Å². The van der Waals surface area contributed by atoms with Crippen LogP contribution in [0, 0.1) is 0 Å². The maximum Gasteiger partial charge on any atom is 0.109 e. The smallest absolute Gasteiger partial charge is 0.109 e. The van der Waals surface area contributed by atoms with E-state index >= 15 is 0 Å². The van der Waals surface area contributed by atoms with Gasteiger partial charge in [-0.15, -0.1) is 0 Å². The lowest BCUT2D eigenvalue weighted by molar-refractivity contribution is 0.444. The van der Waals surface area contributed by atoms with Gasteiger partial charge in [-0.2, -0.15) is 0 Å². The van der Waals surface area contributed by atoms with Gasteiger partial charge in [0, 0.05) is 24.4 Å². The van der Waals surface area contributed by atoms with Gasteiger partial charge in [-0.1, -0.05) is 39.0 Å². The van der Waals surface area contributed by atoms with Crippen LogP contribution in [0.4, 0.5) is 0 Å². The fourth-order valence-corrected chi connectivity index (χ4v) is 2.66. The normalized spacial score (nSPS) is 18.9. The largest absolute Gasteiger partial charge is 0.345 e. The molecule has 3 nitrogen and oxygen atoms in total. The van der Waals surface area contributed by atoms with Gasteiger partial charge in [0.05, 0.1) is 0 Å². The van der Waals surface area contributed by atoms with E-state index in [1.807, 2.05) is 6.20 Å². The van der Waals surface area contributed by atoms with Crippen LogP contribution in [-0.2, 0) is 6.54 Å². The van der Waals surface area contributed by atoms with E-state index in [2.05, 4.69) is 22.2 Å². The number of hydrogen-bond acceptors (Lipinski definition) is 2. The predicted octanol–water partition coefficient (Wildman–Crippen LogP) is 3.35. The van der Waals surface area contributed by atoms with Gasteiger partial charge in [0.15, 0.2) is 0 Å². The summed E-state index contributed by atoms with van der Waals surface area (Å²) in [7, 11) is 0. The van der Waals surface area contributed by atoms with Crippen molar-refractivity contribution in [2.24, 2.45) is 0 Å². The molecular formula is C14H25N3. The zero-order chi connectivity index (χ0) is 11.9. The van der Waals surface area contributed by atoms with E-state index in [0.717, 1.165) is 13.1 Å². The summed E-state index contributed by atoms with van der Waals surface area (Å²) in [6, 6.07) is 0. The van der Waals surface area contributed by atoms with E-state index in [9.17, 15) is 0 Å². The standard InChI is InChI=1S/C14H25N3/c1-2-15-10-13-11-16-14(17-13)12-8-6-4-3-5-7-9-12/h11-12,15H,2-10H2,1H3,(H,16,17). The van der Waals surface area contributed by atoms with Crippen molar-refractivity contribution in [1.29, 1.82) is 0 Å². The number of aromatic amines is 1. The van der Waals surface area contributed by atoms with E-state index in [4.69, 9.17) is 0 Å². The SMILES string of the molecule is CCNCc1cnc(C2CCCCCCC2)[nH]1. The van der Waals surface area contributed by atoms with E-state index in [1.54, 1.807) is 0 Å². The average molecular weight is 235 g/mol. The molecule has 3 heteroatoms. The molecule has 0 aromatic carbocycles. The van der Waals surface area contributed by atoms with Crippen molar-refractivity contribution in [2.45, 2.75) is 64.3 Å². The summed E-state index contributed by atoms with van der Waals surface area (Å²) < 4.78 is 0. The predicted molar refractivity (Wildman–Crippen MR) is 71.0 cm³/mol. The molecule has 1 aromatic rings. The summed E-state index contributed by atoms with van der Waals surface area (Å²) in [4.78, 5) is 8.06. The van der Waals surface area contributed by atoms with Gasteiger partial charge in [0.25, 0.3) is 0 Å². The second kappa shape index (κ2) is 6.80. The molecule has 1 aliphatic carbocycles. The Morgan fingerprint density at radius 3 is 2.65 bits per heavy atom. The Hall–Kier alpha value is -0.830. The number of imidazole rings is 1. The van der Waals surface area contributed by atoms with Gasteiger partial charge >= 0.3 is 0 Å². The number of nitrogens with zero attached hydrogens (tertiary/aromatic N) is 1. The number of H-pyrrole nitrogens is 1. The van der Waals surface area contributed by atoms with Crippen molar-refractivity contribution < 1.29 is 0 Å². The lowest BCUT2D eigenvalue weighted by atomic mass is 9.91. The van der Waals surface area contributed by atoms with Crippen LogP contribution in [0.3, 0.4) is 0 Å². The van der Waals surface area contributed by atoms with Gasteiger partial charge in [0.1, 0.15) is 5.82 Å². The fourth-order valence-electron chi connectivity index (χ4n) is 2.66. The van der Waals surface area contributed by atoms with Crippen molar-refractivity contribution >= 4 is 0 Å². The summed E-state index contributed by atoms with van der Waals surface area (Å²) in [6.45, 7) is 4.06. The molecule has 0 aliphatic heterocycles. The second-order valence-electron chi connectivity index (χ2n) is 5.12. The molecule has 1 aliphatic rings. The molecule has 0 saturated heterocycles. The molecule has 0 amide bonds. The van der Waals surface area contributed by atoms with Gasteiger partial charge in [-0.05, 0) is 19.4 Å². The maximum atomic E-state index is 4.57. The van der Waals surface area contributed by atoms with Crippen LogP contribution in [0.2, 0.25) is 0 Å². The van der Waals surface area contributed by atoms with E-state index < -0.39 is 0 Å². The Labute approximate surface area is 104 Å². The summed E-state index contributed by atoms with van der Waals surface area (Å²) in [5.74, 6) is 1.89. The van der Waals surface area contributed by atoms with Crippen LogP contribution in [0.25, 0.3) is 0 Å². The van der Waals surface area contributed by atoms with Crippen LogP contribution >= 0.6 is 0 Å². The van der Waals surface area contributed by atoms with Crippen LogP contribution < -0.4 is 5.32 Å². The first-order valence-corrected chi connectivity index (χ1v) is 7.14. The fraction of sp³-hybridized carbons (Fsp3) is 0.786. The Bertz CT molecular complexity index is 311. The first-order chi connectivity index (χ1) is 8.40. The van der Waals surface area contributed by atoms with Crippen molar-refractivity contribution in [3.8, 4) is 0 Å². The minimum absolute atomic E-state index is 0.672. The maximum absolute atomic E-state index is 4.57. The number of aromatic nitrogens is 2. The second-order valence-corrected chi connectivity index (χ2v) is 5.12. The van der Waals surface area contributed by atoms with Gasteiger partial charge in [-0.25, -0.2) is 4.98 Å². The molecule has 1 heterocycles. The lowest BCUT2D eigenvalue weighted by Gasteiger charge is -2.17. The van der Waals surface area contributed by atoms with Crippen molar-refractivity contribution in [3.63, 3.8) is 0 Å². The van der Waals surface area contributed by atoms with E-state index in [-0.39, 0.29) is 0 Å². The monoisotopic (exact) mass is 235 g/mol. The van der Waals surface area contributed by atoms with Gasteiger partial charge in [0.2, 0.25) is 0 Å². The van der Waals surface area contributed by atoms with Crippen LogP contribution in [0.15, 0.2) is 6.20 Å². The highest BCUT2D eigenvalue weighted by molar-refractivity contribution is 5.05. The van der Waals surface area contributed by atoms with Crippen LogP contribution in [-0.4, -0.2) is 16.5 Å². The van der Waals surface area contributed by atoms with Crippen LogP contribution in [0.1, 0.15) is 69.3 Å². The molecule has 0 unspecified atom stereocenters. The highest BCUT2D eigenvalue weighted by Crippen LogP contribution is 2.28. The lowest BCUT2D eigenvalue weighted by Crippen LogP contribution is -2.12. The molecule has 0 radical (unpaired) electrons. The third-order valence-corrected chi connectivity index (χ3v) is 3.71. The Balaban J connectivity index is 1.92. The zero-order valence-electron chi connectivity index (χ0n) is 11.0. The Kier molecular flexibility index (Phi) is 5.05. The average Bonchev–Trinajstić information content (AvgIpc) is 2.74. The summed E-state index contributed by atoms with van der Waals surface area (Å²) in [6.07, 6.45) is 11.6. The zero-order valence-corrected chi connectivity index (χ0v) is 11.0.